The Labute approximate surface area is 300 Å². The van der Waals surface area contributed by atoms with Crippen molar-refractivity contribution in [2.45, 2.75) is 19.8 Å². The molecular formula is C33H58O18. The van der Waals surface area contributed by atoms with Crippen LogP contribution in [-0.2, 0) is 80.8 Å². The van der Waals surface area contributed by atoms with E-state index in [9.17, 15) is 19.2 Å². The molecule has 51 heavy (non-hydrogen) atoms. The minimum atomic E-state index is -1.57. The summed E-state index contributed by atoms with van der Waals surface area (Å²) in [5.74, 6) is -3.67. The maximum Gasteiger partial charge on any atom is 0.372 e. The molecule has 0 unspecified atom stereocenters. The average molecular weight is 743 g/mol. The van der Waals surface area contributed by atoms with Gasteiger partial charge in [0, 0.05) is 12.0 Å². The van der Waals surface area contributed by atoms with Crippen molar-refractivity contribution in [1.82, 2.24) is 0 Å². The van der Waals surface area contributed by atoms with Crippen molar-refractivity contribution < 1.29 is 85.9 Å². The van der Waals surface area contributed by atoms with Crippen molar-refractivity contribution in [3.8, 4) is 0 Å². The number of Topliss-reactive ketones (excluding diaryl/α,β-unsaturated/α-hetero) is 1. The van der Waals surface area contributed by atoms with Gasteiger partial charge in [-0.2, -0.15) is 0 Å². The van der Waals surface area contributed by atoms with Crippen LogP contribution >= 0.6 is 0 Å². The molecule has 0 aromatic heterocycles. The largest absolute Gasteiger partial charge is 0.476 e. The molecule has 0 spiro atoms. The van der Waals surface area contributed by atoms with E-state index in [-0.39, 0.29) is 26.2 Å². The van der Waals surface area contributed by atoms with Crippen LogP contribution in [0.25, 0.3) is 0 Å². The minimum absolute atomic E-state index is 0.00807. The lowest BCUT2D eigenvalue weighted by atomic mass is 10.2. The van der Waals surface area contributed by atoms with Gasteiger partial charge in [0.25, 0.3) is 0 Å². The summed E-state index contributed by atoms with van der Waals surface area (Å²) < 4.78 is 69.1. The molecule has 0 fully saturated rings. The molecule has 0 aliphatic heterocycles. The SMILES string of the molecule is C=C(C)C(=O)OCCOCCOCCOCCOCCOCCOCCOCCOCCOCCOCCOCCOC(=O)CCC(=O)C(=O)O. The maximum absolute atomic E-state index is 11.4. The van der Waals surface area contributed by atoms with Crippen LogP contribution in [-0.4, -0.2) is 187 Å². The predicted molar refractivity (Wildman–Crippen MR) is 178 cm³/mol. The monoisotopic (exact) mass is 742 g/mol. The molecule has 1 N–H and O–H groups in total. The standard InChI is InChI=1S/C33H58O18/c1-29(2)33(38)51-28-26-49-24-22-47-20-18-45-16-14-43-12-10-41-8-6-39-5-7-40-9-11-42-13-15-44-17-19-46-21-23-48-25-27-50-31(35)4-3-30(34)32(36)37/h1,3-28H2,2H3,(H,36,37). The Morgan fingerprint density at radius 3 is 0.863 bits per heavy atom. The number of hydrogen-bond donors (Lipinski definition) is 1. The molecule has 0 aromatic rings. The van der Waals surface area contributed by atoms with Gasteiger partial charge in [0.2, 0.25) is 5.78 Å². The highest BCUT2D eigenvalue weighted by atomic mass is 16.6. The molecule has 0 saturated heterocycles. The number of esters is 2. The zero-order chi connectivity index (χ0) is 37.5. The van der Waals surface area contributed by atoms with Gasteiger partial charge in [0.15, 0.2) is 0 Å². The second kappa shape index (κ2) is 38.6. The molecule has 0 saturated carbocycles. The number of hydrogen-bond acceptors (Lipinski definition) is 17. The number of ether oxygens (including phenoxy) is 13. The molecule has 0 aliphatic carbocycles. The van der Waals surface area contributed by atoms with Gasteiger partial charge in [-0.15, -0.1) is 0 Å². The van der Waals surface area contributed by atoms with Crippen LogP contribution in [0.2, 0.25) is 0 Å². The first-order chi connectivity index (χ1) is 24.8. The number of ketones is 1. The Balaban J connectivity index is 3.14. The lowest BCUT2D eigenvalue weighted by molar-refractivity contribution is -0.151. The lowest BCUT2D eigenvalue weighted by Crippen LogP contribution is -2.17. The zero-order valence-corrected chi connectivity index (χ0v) is 30.0. The van der Waals surface area contributed by atoms with E-state index in [0.717, 1.165) is 0 Å². The van der Waals surface area contributed by atoms with Gasteiger partial charge in [-0.25, -0.2) is 9.59 Å². The van der Waals surface area contributed by atoms with Crippen LogP contribution in [0, 0.1) is 0 Å². The molecule has 0 bridgehead atoms. The Bertz CT molecular complexity index is 871. The highest BCUT2D eigenvalue weighted by Crippen LogP contribution is 1.95. The zero-order valence-electron chi connectivity index (χ0n) is 30.0. The normalized spacial score (nSPS) is 11.1. The van der Waals surface area contributed by atoms with Crippen molar-refractivity contribution in [2.75, 3.05) is 159 Å². The van der Waals surface area contributed by atoms with Crippen LogP contribution in [0.15, 0.2) is 12.2 Å². The Morgan fingerprint density at radius 1 is 0.392 bits per heavy atom. The van der Waals surface area contributed by atoms with E-state index in [1.54, 1.807) is 6.92 Å². The van der Waals surface area contributed by atoms with E-state index in [4.69, 9.17) is 66.7 Å². The number of carboxylic acids is 1. The summed E-state index contributed by atoms with van der Waals surface area (Å²) in [6.45, 7) is 14.4. The van der Waals surface area contributed by atoms with Gasteiger partial charge in [-0.05, 0) is 6.92 Å². The summed E-state index contributed by atoms with van der Waals surface area (Å²) in [6, 6.07) is 0. The first kappa shape index (κ1) is 48.4. The first-order valence-electron chi connectivity index (χ1n) is 16.9. The molecule has 0 aromatic carbocycles. The molecule has 0 rings (SSSR count). The fourth-order valence-electron chi connectivity index (χ4n) is 3.23. The molecule has 0 radical (unpaired) electrons. The van der Waals surface area contributed by atoms with E-state index in [1.165, 1.54) is 0 Å². The molecule has 18 nitrogen and oxygen atoms in total. The quantitative estimate of drug-likeness (QED) is 0.0386. The van der Waals surface area contributed by atoms with Gasteiger partial charge in [-0.3, -0.25) is 9.59 Å². The summed E-state index contributed by atoms with van der Waals surface area (Å²) in [5.41, 5.74) is 0.359. The summed E-state index contributed by atoms with van der Waals surface area (Å²) in [5, 5.41) is 8.44. The maximum atomic E-state index is 11.4. The summed E-state index contributed by atoms with van der Waals surface area (Å²) >= 11 is 0. The van der Waals surface area contributed by atoms with Crippen LogP contribution in [0.5, 0.6) is 0 Å². The van der Waals surface area contributed by atoms with E-state index in [1.807, 2.05) is 0 Å². The molecule has 0 aliphatic rings. The first-order valence-corrected chi connectivity index (χ1v) is 16.9. The van der Waals surface area contributed by atoms with Crippen molar-refractivity contribution in [2.24, 2.45) is 0 Å². The van der Waals surface area contributed by atoms with Crippen molar-refractivity contribution in [1.29, 1.82) is 0 Å². The minimum Gasteiger partial charge on any atom is -0.476 e. The molecular weight excluding hydrogens is 684 g/mol. The third-order valence-electron chi connectivity index (χ3n) is 5.81. The summed E-state index contributed by atoms with van der Waals surface area (Å²) in [7, 11) is 0. The van der Waals surface area contributed by atoms with Crippen LogP contribution in [0.1, 0.15) is 19.8 Å². The highest BCUT2D eigenvalue weighted by molar-refractivity contribution is 6.32. The highest BCUT2D eigenvalue weighted by Gasteiger charge is 2.14. The topological polar surface area (TPSA) is 208 Å². The summed E-state index contributed by atoms with van der Waals surface area (Å²) in [6.07, 6.45) is -0.670. The Hall–Kier alpha value is -2.62. The fourth-order valence-corrected chi connectivity index (χ4v) is 3.23. The molecule has 298 valence electrons. The smallest absolute Gasteiger partial charge is 0.372 e. The number of carboxylic acid groups (broad SMARTS) is 1. The van der Waals surface area contributed by atoms with E-state index in [0.29, 0.717) is 144 Å². The van der Waals surface area contributed by atoms with E-state index >= 15 is 0 Å². The van der Waals surface area contributed by atoms with Crippen LogP contribution in [0.3, 0.4) is 0 Å². The number of rotatable bonds is 41. The third kappa shape index (κ3) is 38.4. The Kier molecular flexibility index (Phi) is 36.6. The van der Waals surface area contributed by atoms with Gasteiger partial charge >= 0.3 is 17.9 Å². The number of carbonyl (C=O) groups is 4. The van der Waals surface area contributed by atoms with Crippen LogP contribution < -0.4 is 0 Å². The summed E-state index contributed by atoms with van der Waals surface area (Å²) in [4.78, 5) is 43.8. The second-order valence-corrected chi connectivity index (χ2v) is 10.1. The fraction of sp³-hybridized carbons (Fsp3) is 0.818. The molecule has 0 heterocycles. The van der Waals surface area contributed by atoms with E-state index in [2.05, 4.69) is 6.58 Å². The number of aliphatic carboxylic acids is 1. The van der Waals surface area contributed by atoms with Gasteiger partial charge in [-0.1, -0.05) is 6.58 Å². The van der Waals surface area contributed by atoms with Gasteiger partial charge < -0.3 is 66.7 Å². The third-order valence-corrected chi connectivity index (χ3v) is 5.81. The molecule has 18 heteroatoms. The van der Waals surface area contributed by atoms with E-state index < -0.39 is 30.1 Å². The average Bonchev–Trinajstić information content (AvgIpc) is 3.11. The predicted octanol–water partition coefficient (Wildman–Crippen LogP) is 0.265. The molecule has 0 amide bonds. The van der Waals surface area contributed by atoms with Gasteiger partial charge in [0.05, 0.1) is 152 Å². The van der Waals surface area contributed by atoms with Crippen molar-refractivity contribution in [3.05, 3.63) is 12.2 Å². The number of carbonyl (C=O) groups excluding carboxylic acids is 3. The van der Waals surface area contributed by atoms with Gasteiger partial charge in [0.1, 0.15) is 13.2 Å². The molecule has 0 atom stereocenters. The second-order valence-electron chi connectivity index (χ2n) is 10.1. The lowest BCUT2D eigenvalue weighted by Gasteiger charge is -2.09. The van der Waals surface area contributed by atoms with Crippen molar-refractivity contribution >= 4 is 23.7 Å². The Morgan fingerprint density at radius 2 is 0.627 bits per heavy atom. The van der Waals surface area contributed by atoms with Crippen LogP contribution in [0.4, 0.5) is 0 Å². The van der Waals surface area contributed by atoms with Crippen molar-refractivity contribution in [3.63, 3.8) is 0 Å².